The lowest BCUT2D eigenvalue weighted by molar-refractivity contribution is -0.111. The van der Waals surface area contributed by atoms with Crippen LogP contribution in [0.2, 0.25) is 0 Å². The van der Waals surface area contributed by atoms with Crippen molar-refractivity contribution in [2.45, 2.75) is 6.92 Å². The first-order valence-corrected chi connectivity index (χ1v) is 4.76. The number of nitrogens with one attached hydrogen (secondary N) is 1. The molecule has 0 unspecified atom stereocenters. The van der Waals surface area contributed by atoms with Crippen molar-refractivity contribution in [2.75, 3.05) is 24.3 Å². The summed E-state index contributed by atoms with van der Waals surface area (Å²) in [4.78, 5) is 13.1. The fourth-order valence-electron chi connectivity index (χ4n) is 1.36. The second-order valence-corrected chi connectivity index (χ2v) is 3.59. The summed E-state index contributed by atoms with van der Waals surface area (Å²) in [6.45, 7) is 5.45. The first kappa shape index (κ1) is 11.3. The summed E-state index contributed by atoms with van der Waals surface area (Å²) < 4.78 is 0. The first-order chi connectivity index (χ1) is 7.04. The van der Waals surface area contributed by atoms with E-state index in [1.807, 2.05) is 44.1 Å². The molecule has 0 saturated carbocycles. The Morgan fingerprint density at radius 1 is 1.47 bits per heavy atom. The molecule has 0 radical (unpaired) electrons. The summed E-state index contributed by atoms with van der Waals surface area (Å²) in [6, 6.07) is 5.80. The number of aryl methyl sites for hydroxylation is 1. The van der Waals surface area contributed by atoms with Gasteiger partial charge in [-0.25, -0.2) is 0 Å². The minimum Gasteiger partial charge on any atom is -0.377 e. The molecule has 0 heterocycles. The fraction of sp³-hybridized carbons (Fsp3) is 0.250. The Bertz CT molecular complexity index is 383. The quantitative estimate of drug-likeness (QED) is 0.765. The normalized spacial score (nSPS) is 9.53. The van der Waals surface area contributed by atoms with Crippen molar-refractivity contribution in [3.63, 3.8) is 0 Å². The van der Waals surface area contributed by atoms with E-state index in [9.17, 15) is 4.79 Å². The molecule has 1 aromatic carbocycles. The van der Waals surface area contributed by atoms with E-state index >= 15 is 0 Å². The van der Waals surface area contributed by atoms with Crippen LogP contribution >= 0.6 is 0 Å². The Morgan fingerprint density at radius 3 is 2.67 bits per heavy atom. The van der Waals surface area contributed by atoms with Crippen molar-refractivity contribution < 1.29 is 4.79 Å². The topological polar surface area (TPSA) is 32.3 Å². The minimum atomic E-state index is -0.191. The molecule has 0 aromatic heterocycles. The van der Waals surface area contributed by atoms with Crippen LogP contribution < -0.4 is 10.2 Å². The predicted molar refractivity (Wildman–Crippen MR) is 64.3 cm³/mol. The zero-order valence-corrected chi connectivity index (χ0v) is 9.37. The number of carbonyl (C=O) groups is 1. The van der Waals surface area contributed by atoms with Gasteiger partial charge in [-0.05, 0) is 30.7 Å². The van der Waals surface area contributed by atoms with Crippen molar-refractivity contribution in [3.8, 4) is 0 Å². The zero-order chi connectivity index (χ0) is 11.4. The van der Waals surface area contributed by atoms with Crippen molar-refractivity contribution in [1.82, 2.24) is 0 Å². The monoisotopic (exact) mass is 204 g/mol. The van der Waals surface area contributed by atoms with Crippen LogP contribution in [0.3, 0.4) is 0 Å². The summed E-state index contributed by atoms with van der Waals surface area (Å²) in [5.74, 6) is -0.191. The second kappa shape index (κ2) is 4.64. The molecular weight excluding hydrogens is 188 g/mol. The molecule has 80 valence electrons. The average Bonchev–Trinajstić information content (AvgIpc) is 2.20. The molecule has 1 N–H and O–H groups in total. The Balaban J connectivity index is 2.97. The highest BCUT2D eigenvalue weighted by Gasteiger charge is 2.03. The third-order valence-corrected chi connectivity index (χ3v) is 2.14. The van der Waals surface area contributed by atoms with Crippen LogP contribution in [0.4, 0.5) is 11.4 Å². The molecule has 3 heteroatoms. The Morgan fingerprint density at radius 2 is 2.13 bits per heavy atom. The van der Waals surface area contributed by atoms with Crippen LogP contribution in [0, 0.1) is 6.92 Å². The highest BCUT2D eigenvalue weighted by Crippen LogP contribution is 2.22. The predicted octanol–water partition coefficient (Wildman–Crippen LogP) is 2.19. The second-order valence-electron chi connectivity index (χ2n) is 3.59. The molecule has 0 atom stereocenters. The number of rotatable bonds is 3. The SMILES string of the molecule is C=CC(=O)Nc1ccc(C)c(N(C)C)c1. The van der Waals surface area contributed by atoms with Crippen molar-refractivity contribution >= 4 is 17.3 Å². The number of carbonyl (C=O) groups excluding carboxylic acids is 1. The van der Waals surface area contributed by atoms with Crippen LogP contribution in [0.15, 0.2) is 30.9 Å². The molecule has 0 aliphatic carbocycles. The van der Waals surface area contributed by atoms with Crippen molar-refractivity contribution in [1.29, 1.82) is 0 Å². The van der Waals surface area contributed by atoms with Crippen LogP contribution in [-0.4, -0.2) is 20.0 Å². The highest BCUT2D eigenvalue weighted by molar-refractivity contribution is 5.99. The summed E-state index contributed by atoms with van der Waals surface area (Å²) in [5, 5.41) is 2.73. The lowest BCUT2D eigenvalue weighted by Crippen LogP contribution is -2.12. The van der Waals surface area contributed by atoms with Gasteiger partial charge >= 0.3 is 0 Å². The summed E-state index contributed by atoms with van der Waals surface area (Å²) in [7, 11) is 3.95. The molecule has 0 saturated heterocycles. The lowest BCUT2D eigenvalue weighted by Gasteiger charge is -2.16. The number of benzene rings is 1. The van der Waals surface area contributed by atoms with Crippen LogP contribution in [0.1, 0.15) is 5.56 Å². The first-order valence-electron chi connectivity index (χ1n) is 4.76. The molecule has 15 heavy (non-hydrogen) atoms. The largest absolute Gasteiger partial charge is 0.377 e. The average molecular weight is 204 g/mol. The van der Waals surface area contributed by atoms with Crippen LogP contribution in [0.25, 0.3) is 0 Å². The zero-order valence-electron chi connectivity index (χ0n) is 9.37. The molecule has 1 amide bonds. The van der Waals surface area contributed by atoms with E-state index in [2.05, 4.69) is 11.9 Å². The van der Waals surface area contributed by atoms with E-state index in [0.29, 0.717) is 0 Å². The van der Waals surface area contributed by atoms with Gasteiger partial charge in [0.25, 0.3) is 0 Å². The Labute approximate surface area is 90.4 Å². The van der Waals surface area contributed by atoms with Crippen LogP contribution in [0.5, 0.6) is 0 Å². The van der Waals surface area contributed by atoms with E-state index < -0.39 is 0 Å². The third kappa shape index (κ3) is 2.84. The minimum absolute atomic E-state index is 0.191. The molecule has 1 aromatic rings. The van der Waals surface area contributed by atoms with Crippen molar-refractivity contribution in [2.24, 2.45) is 0 Å². The van der Waals surface area contributed by atoms with E-state index in [0.717, 1.165) is 11.4 Å². The van der Waals surface area contributed by atoms with Crippen LogP contribution in [-0.2, 0) is 4.79 Å². The summed E-state index contributed by atoms with van der Waals surface area (Å²) in [6.07, 6.45) is 1.26. The standard InChI is InChI=1S/C12H16N2O/c1-5-12(15)13-10-7-6-9(2)11(8-10)14(3)4/h5-8H,1H2,2-4H3,(H,13,15). The number of nitrogens with zero attached hydrogens (tertiary/aromatic N) is 1. The fourth-order valence-corrected chi connectivity index (χ4v) is 1.36. The maximum absolute atomic E-state index is 11.1. The molecule has 0 fully saturated rings. The van der Waals surface area contributed by atoms with Gasteiger partial charge in [-0.1, -0.05) is 12.6 Å². The molecule has 0 aliphatic rings. The number of amides is 1. The van der Waals surface area contributed by atoms with E-state index in [1.165, 1.54) is 11.6 Å². The van der Waals surface area contributed by atoms with Crippen molar-refractivity contribution in [3.05, 3.63) is 36.4 Å². The van der Waals surface area contributed by atoms with Gasteiger partial charge in [0.05, 0.1) is 0 Å². The van der Waals surface area contributed by atoms with Gasteiger partial charge in [-0.15, -0.1) is 0 Å². The highest BCUT2D eigenvalue weighted by atomic mass is 16.1. The molecular formula is C12H16N2O. The van der Waals surface area contributed by atoms with Gasteiger partial charge in [0.2, 0.25) is 5.91 Å². The van der Waals surface area contributed by atoms with Gasteiger partial charge in [-0.2, -0.15) is 0 Å². The van der Waals surface area contributed by atoms with Gasteiger partial charge in [0.1, 0.15) is 0 Å². The van der Waals surface area contributed by atoms with Gasteiger partial charge < -0.3 is 10.2 Å². The summed E-state index contributed by atoms with van der Waals surface area (Å²) in [5.41, 5.74) is 3.06. The Kier molecular flexibility index (Phi) is 3.50. The number of anilines is 2. The van der Waals surface area contributed by atoms with E-state index in [4.69, 9.17) is 0 Å². The molecule has 0 spiro atoms. The third-order valence-electron chi connectivity index (χ3n) is 2.14. The molecule has 1 rings (SSSR count). The Hall–Kier alpha value is -1.77. The van der Waals surface area contributed by atoms with Gasteiger partial charge in [0, 0.05) is 25.5 Å². The lowest BCUT2D eigenvalue weighted by atomic mass is 10.1. The molecule has 3 nitrogen and oxygen atoms in total. The maximum atomic E-state index is 11.1. The van der Waals surface area contributed by atoms with E-state index in [1.54, 1.807) is 0 Å². The van der Waals surface area contributed by atoms with E-state index in [-0.39, 0.29) is 5.91 Å². The summed E-state index contributed by atoms with van der Waals surface area (Å²) >= 11 is 0. The molecule has 0 aliphatic heterocycles. The van der Waals surface area contributed by atoms with Gasteiger partial charge in [-0.3, -0.25) is 4.79 Å². The smallest absolute Gasteiger partial charge is 0.247 e. The number of hydrogen-bond acceptors (Lipinski definition) is 2. The maximum Gasteiger partial charge on any atom is 0.247 e. The molecule has 0 bridgehead atoms. The van der Waals surface area contributed by atoms with Gasteiger partial charge in [0.15, 0.2) is 0 Å². The number of hydrogen-bond donors (Lipinski definition) is 1.